The fourth-order valence-electron chi connectivity index (χ4n) is 0. The fraction of sp³-hybridized carbons (Fsp3) is 0. The quantitative estimate of drug-likeness (QED) is 0.457. The molecule has 0 nitrogen and oxygen atoms in total. The van der Waals surface area contributed by atoms with Gasteiger partial charge >= 0.3 is 72.2 Å². The van der Waals surface area contributed by atoms with Crippen molar-refractivity contribution in [3.05, 3.63) is 0 Å². The van der Waals surface area contributed by atoms with Crippen LogP contribution in [-0.4, -0.2) is 29.6 Å². The summed E-state index contributed by atoms with van der Waals surface area (Å²) >= 11 is -6.72. The predicted molar refractivity (Wildman–Crippen MR) is 11.6 cm³/mol. The van der Waals surface area contributed by atoms with E-state index in [-0.39, 0.29) is 29.6 Å². The van der Waals surface area contributed by atoms with Crippen LogP contribution in [0.1, 0.15) is 0 Å². The summed E-state index contributed by atoms with van der Waals surface area (Å²) in [4.78, 5) is 0. The van der Waals surface area contributed by atoms with Crippen LogP contribution in [0.4, 0.5) is 1.25 Å². The van der Waals surface area contributed by atoms with Gasteiger partial charge in [0.15, 0.2) is 0 Å². The number of halogens is 4. The van der Waals surface area contributed by atoms with Crippen molar-refractivity contribution in [2.45, 2.75) is 0 Å². The van der Waals surface area contributed by atoms with E-state index in [1.165, 1.54) is 0 Å². The summed E-state index contributed by atoms with van der Waals surface area (Å²) in [6.07, 6.45) is 0. The van der Waals surface area contributed by atoms with Gasteiger partial charge in [0.05, 0.1) is 0 Å². The first-order valence-electron chi connectivity index (χ1n) is 0.404. The van der Waals surface area contributed by atoms with Gasteiger partial charge in [-0.3, -0.25) is 0 Å². The number of hydrogen-bond donors (Lipinski definition) is 0. The minimum absolute atomic E-state index is 0. The Hall–Kier alpha value is 2.24. The van der Waals surface area contributed by atoms with Crippen LogP contribution in [0.5, 0.6) is 0 Å². The Bertz CT molecular complexity index is 23.0. The predicted octanol–water partition coefficient (Wildman–Crippen LogP) is 1.03. The number of rotatable bonds is 0. The van der Waals surface area contributed by atoms with E-state index in [9.17, 15) is 1.25 Å². The molecule has 0 heterocycles. The minimum atomic E-state index is -6.72. The molecule has 0 rings (SSSR count). The zero-order valence-corrected chi connectivity index (χ0v) is 3.49. The molecule has 0 atom stereocenters. The van der Waals surface area contributed by atoms with Crippen molar-refractivity contribution in [3.63, 3.8) is 0 Å². The molecule has 0 aliphatic heterocycles. The third-order valence-electron chi connectivity index (χ3n) is 0. The average molecular weight is 273 g/mol. The van der Waals surface area contributed by atoms with Gasteiger partial charge in [-0.05, 0) is 0 Å². The van der Waals surface area contributed by atoms with Crippen LogP contribution in [0.15, 0.2) is 0 Å². The van der Waals surface area contributed by atoms with Gasteiger partial charge in [0, 0.05) is 0 Å². The van der Waals surface area contributed by atoms with E-state index in [4.69, 9.17) is 0 Å². The summed E-state index contributed by atoms with van der Waals surface area (Å²) < 4.78 is 39.4. The van der Waals surface area contributed by atoms with E-state index in [0.29, 0.717) is 0 Å². The van der Waals surface area contributed by atoms with Crippen LogP contribution in [0, 0.1) is 41.4 Å². The van der Waals surface area contributed by atoms with Crippen molar-refractivity contribution in [1.29, 1.82) is 0 Å². The normalized spacial score (nSPS) is 12.7. The average Bonchev–Trinajstić information content (AvgIpc) is 0.722. The maximum atomic E-state index is 9.84. The van der Waals surface area contributed by atoms with Crippen molar-refractivity contribution < 1.29 is 42.6 Å². The van der Waals surface area contributed by atoms with Gasteiger partial charge in [0.2, 0.25) is 0 Å². The van der Waals surface area contributed by atoms with Gasteiger partial charge in [-0.2, -0.15) is 0 Å². The molecular weight excluding hydrogens is 272 g/mol. The Balaban J connectivity index is 0. The Morgan fingerprint density at radius 1 is 0.833 bits per heavy atom. The molecule has 0 fully saturated rings. The van der Waals surface area contributed by atoms with Crippen LogP contribution in [0.25, 0.3) is 0 Å². The van der Waals surface area contributed by atoms with E-state index in [1.807, 2.05) is 0 Å². The number of hydrogen-bond acceptors (Lipinski definition) is 0. The molecule has 6 heteroatoms. The van der Waals surface area contributed by atoms with Gasteiger partial charge in [0.1, 0.15) is 0 Å². The van der Waals surface area contributed by atoms with E-state index in [1.54, 1.807) is 0 Å². The second-order valence-electron chi connectivity index (χ2n) is 0.229. The monoisotopic (exact) mass is 274 g/mol. The van der Waals surface area contributed by atoms with E-state index < -0.39 is 41.4 Å². The van der Waals surface area contributed by atoms with Crippen molar-refractivity contribution in [1.82, 2.24) is 0 Å². The van der Waals surface area contributed by atoms with Gasteiger partial charge < -0.3 is 0 Å². The van der Waals surface area contributed by atoms with E-state index in [2.05, 4.69) is 0 Å². The van der Waals surface area contributed by atoms with Crippen molar-refractivity contribution >= 4 is 29.6 Å². The van der Waals surface area contributed by atoms with Crippen molar-refractivity contribution in [2.75, 3.05) is 0 Å². The van der Waals surface area contributed by atoms with Crippen LogP contribution < -0.4 is 0 Å². The molecule has 0 aromatic heterocycles. The van der Waals surface area contributed by atoms with Gasteiger partial charge in [-0.25, -0.2) is 0 Å². The van der Waals surface area contributed by atoms with Crippen molar-refractivity contribution in [2.24, 2.45) is 0 Å². The molecule has 0 amide bonds. The Morgan fingerprint density at radius 2 is 0.833 bits per heavy atom. The first-order valence-corrected chi connectivity index (χ1v) is 3.00. The first kappa shape index (κ1) is 11.1. The van der Waals surface area contributed by atoms with Gasteiger partial charge in [-0.1, -0.05) is 0 Å². The summed E-state index contributed by atoms with van der Waals surface area (Å²) in [5.41, 5.74) is 0. The molecule has 0 spiro atoms. The summed E-state index contributed by atoms with van der Waals surface area (Å²) in [6, 6.07) is 0. The maximum absolute atomic E-state index is 9.84. The Morgan fingerprint density at radius 3 is 0.833 bits per heavy atom. The van der Waals surface area contributed by atoms with Gasteiger partial charge in [-0.15, -0.1) is 0 Å². The standard InChI is InChI=1S/4FH.Na.Yb.H/h4*1H;;;/q;;;;;+4;/p-4. The molecular formula is HF4NaYb. The second kappa shape index (κ2) is 4.15. The third-order valence-corrected chi connectivity index (χ3v) is 0. The SMILES string of the molecule is [F][Yb]([F])([F])[F].[NaH]. The molecule has 0 aromatic rings. The molecule has 0 saturated heterocycles. The second-order valence-corrected chi connectivity index (χ2v) is 1.70. The Kier molecular flexibility index (Phi) is 7.67. The molecule has 0 aromatic carbocycles. The zero-order chi connectivity index (χ0) is 4.50. The molecule has 0 unspecified atom stereocenters. The molecule has 0 aliphatic carbocycles. The molecule has 0 radical (unpaired) electrons. The molecule has 0 aliphatic rings. The van der Waals surface area contributed by atoms with Crippen LogP contribution in [0.3, 0.4) is 0 Å². The van der Waals surface area contributed by atoms with Crippen LogP contribution >= 0.6 is 0 Å². The molecule has 44 valence electrons. The fourth-order valence-corrected chi connectivity index (χ4v) is 0. The summed E-state index contributed by atoms with van der Waals surface area (Å²) in [5.74, 6) is 0. The van der Waals surface area contributed by atoms with Crippen LogP contribution in [-0.2, 0) is 0 Å². The first-order chi connectivity index (χ1) is 2.00. The van der Waals surface area contributed by atoms with E-state index in [0.717, 1.165) is 0 Å². The summed E-state index contributed by atoms with van der Waals surface area (Å²) in [6.45, 7) is 0. The topological polar surface area (TPSA) is 0 Å². The van der Waals surface area contributed by atoms with E-state index >= 15 is 0 Å². The summed E-state index contributed by atoms with van der Waals surface area (Å²) in [5, 5.41) is 0. The third kappa shape index (κ3) is 34.2. The molecule has 6 heavy (non-hydrogen) atoms. The molecule has 0 N–H and O–H groups in total. The molecule has 0 bridgehead atoms. The van der Waals surface area contributed by atoms with Crippen LogP contribution in [0.2, 0.25) is 0 Å². The summed E-state index contributed by atoms with van der Waals surface area (Å²) in [7, 11) is 0. The van der Waals surface area contributed by atoms with Gasteiger partial charge in [0.25, 0.3) is 0 Å². The molecule has 0 saturated carbocycles. The van der Waals surface area contributed by atoms with Crippen molar-refractivity contribution in [3.8, 4) is 0 Å². The zero-order valence-electron chi connectivity index (χ0n) is 1.78. The Labute approximate surface area is 70.3 Å².